The van der Waals surface area contributed by atoms with Crippen molar-refractivity contribution >= 4 is 5.91 Å². The maximum atomic E-state index is 13.0. The smallest absolute Gasteiger partial charge is 0.348 e. The zero-order chi connectivity index (χ0) is 18.3. The lowest BCUT2D eigenvalue weighted by Gasteiger charge is -2.26. The van der Waals surface area contributed by atoms with Crippen LogP contribution in [0.25, 0.3) is 0 Å². The lowest BCUT2D eigenvalue weighted by Crippen LogP contribution is -2.34. The highest BCUT2D eigenvalue weighted by atomic mass is 19.4. The minimum absolute atomic E-state index is 0.0850. The molecule has 1 unspecified atom stereocenters. The summed E-state index contributed by atoms with van der Waals surface area (Å²) in [6, 6.07) is 8.98. The van der Waals surface area contributed by atoms with Crippen molar-refractivity contribution in [2.75, 3.05) is 0 Å². The number of alkyl halides is 3. The van der Waals surface area contributed by atoms with E-state index in [0.717, 1.165) is 43.7 Å². The third kappa shape index (κ3) is 3.48. The van der Waals surface area contributed by atoms with Crippen molar-refractivity contribution in [3.8, 4) is 0 Å². The Balaban J connectivity index is 1.50. The number of amides is 1. The molecule has 1 heterocycles. The first-order chi connectivity index (χ1) is 12.4. The predicted octanol–water partition coefficient (Wildman–Crippen LogP) is 3.97. The zero-order valence-electron chi connectivity index (χ0n) is 14.2. The van der Waals surface area contributed by atoms with Gasteiger partial charge in [0, 0.05) is 11.6 Å². The van der Waals surface area contributed by atoms with Gasteiger partial charge in [0.05, 0.1) is 6.04 Å². The Labute approximate surface area is 149 Å². The highest BCUT2D eigenvalue weighted by Crippen LogP contribution is 2.42. The Morgan fingerprint density at radius 2 is 2.00 bits per heavy atom. The summed E-state index contributed by atoms with van der Waals surface area (Å²) >= 11 is 0. The van der Waals surface area contributed by atoms with Crippen molar-refractivity contribution in [1.29, 1.82) is 0 Å². The third-order valence-electron chi connectivity index (χ3n) is 5.10. The minimum atomic E-state index is -4.49. The van der Waals surface area contributed by atoms with Crippen LogP contribution < -0.4 is 5.32 Å². The highest BCUT2D eigenvalue weighted by Gasteiger charge is 2.38. The van der Waals surface area contributed by atoms with Crippen LogP contribution in [0, 0.1) is 0 Å². The average molecular weight is 363 g/mol. The largest absolute Gasteiger partial charge is 0.435 e. The van der Waals surface area contributed by atoms with Gasteiger partial charge < -0.3 is 5.32 Å². The summed E-state index contributed by atoms with van der Waals surface area (Å²) < 4.78 is 40.1. The number of aryl methyl sites for hydroxylation is 1. The molecule has 1 fully saturated rings. The molecule has 0 saturated heterocycles. The van der Waals surface area contributed by atoms with Crippen LogP contribution in [0.4, 0.5) is 13.2 Å². The van der Waals surface area contributed by atoms with E-state index in [0.29, 0.717) is 5.69 Å². The Morgan fingerprint density at radius 3 is 2.73 bits per heavy atom. The van der Waals surface area contributed by atoms with E-state index in [2.05, 4.69) is 16.5 Å². The number of carbonyl (C=O) groups excluding carboxylic acids is 1. The second-order valence-electron chi connectivity index (χ2n) is 7.10. The number of aromatic nitrogens is 2. The van der Waals surface area contributed by atoms with Crippen LogP contribution in [0.2, 0.25) is 0 Å². The van der Waals surface area contributed by atoms with E-state index in [-0.39, 0.29) is 24.4 Å². The van der Waals surface area contributed by atoms with Crippen molar-refractivity contribution in [2.45, 2.75) is 56.8 Å². The van der Waals surface area contributed by atoms with Crippen LogP contribution in [-0.2, 0) is 23.9 Å². The summed E-state index contributed by atoms with van der Waals surface area (Å²) in [6.07, 6.45) is 0.0117. The molecular weight excluding hydrogens is 343 g/mol. The van der Waals surface area contributed by atoms with E-state index in [9.17, 15) is 18.0 Å². The molecule has 1 aromatic carbocycles. The molecule has 1 atom stereocenters. The lowest BCUT2D eigenvalue weighted by molar-refractivity contribution is -0.141. The van der Waals surface area contributed by atoms with Crippen LogP contribution in [0.15, 0.2) is 30.3 Å². The number of halogens is 3. The van der Waals surface area contributed by atoms with Gasteiger partial charge in [-0.3, -0.25) is 9.48 Å². The van der Waals surface area contributed by atoms with Crippen LogP contribution in [0.5, 0.6) is 0 Å². The Hall–Kier alpha value is -2.31. The molecule has 4 nitrogen and oxygen atoms in total. The first kappa shape index (κ1) is 17.1. The van der Waals surface area contributed by atoms with Gasteiger partial charge in [0.1, 0.15) is 6.54 Å². The normalized spacial score (nSPS) is 19.9. The summed E-state index contributed by atoms with van der Waals surface area (Å²) in [5.41, 5.74) is 1.92. The summed E-state index contributed by atoms with van der Waals surface area (Å²) in [5.74, 6) is -0.216. The zero-order valence-corrected chi connectivity index (χ0v) is 14.2. The molecule has 0 spiro atoms. The Morgan fingerprint density at radius 1 is 1.23 bits per heavy atom. The number of fused-ring (bicyclic) bond motifs is 1. The molecule has 1 saturated carbocycles. The molecule has 138 valence electrons. The maximum Gasteiger partial charge on any atom is 0.435 e. The number of carbonyl (C=O) groups is 1. The highest BCUT2D eigenvalue weighted by molar-refractivity contribution is 5.76. The number of hydrogen-bond acceptors (Lipinski definition) is 2. The van der Waals surface area contributed by atoms with Gasteiger partial charge in [-0.1, -0.05) is 24.3 Å². The first-order valence-electron chi connectivity index (χ1n) is 8.94. The molecule has 0 bridgehead atoms. The number of nitrogens with one attached hydrogen (secondary N) is 1. The number of nitrogens with zero attached hydrogens (tertiary/aromatic N) is 2. The quantitative estimate of drug-likeness (QED) is 0.893. The summed E-state index contributed by atoms with van der Waals surface area (Å²) in [7, 11) is 0. The maximum absolute atomic E-state index is 13.0. The molecule has 0 aliphatic heterocycles. The molecule has 1 N–H and O–H groups in total. The lowest BCUT2D eigenvalue weighted by atomic mass is 9.88. The van der Waals surface area contributed by atoms with E-state index in [1.165, 1.54) is 10.2 Å². The predicted molar refractivity (Wildman–Crippen MR) is 89.5 cm³/mol. The first-order valence-corrected chi connectivity index (χ1v) is 8.94. The topological polar surface area (TPSA) is 46.9 Å². The summed E-state index contributed by atoms with van der Waals surface area (Å²) in [4.78, 5) is 12.5. The molecule has 0 radical (unpaired) electrons. The van der Waals surface area contributed by atoms with Gasteiger partial charge in [0.15, 0.2) is 5.69 Å². The van der Waals surface area contributed by atoms with Gasteiger partial charge in [-0.2, -0.15) is 18.3 Å². The fourth-order valence-electron chi connectivity index (χ4n) is 3.68. The van der Waals surface area contributed by atoms with E-state index in [1.54, 1.807) is 0 Å². The van der Waals surface area contributed by atoms with E-state index >= 15 is 0 Å². The Bertz CT molecular complexity index is 824. The molecule has 26 heavy (non-hydrogen) atoms. The minimum Gasteiger partial charge on any atom is -0.348 e. The number of benzene rings is 1. The summed E-state index contributed by atoms with van der Waals surface area (Å²) in [6.45, 7) is -0.180. The molecule has 1 amide bonds. The molecule has 7 heteroatoms. The van der Waals surface area contributed by atoms with Crippen LogP contribution in [0.3, 0.4) is 0 Å². The van der Waals surface area contributed by atoms with Gasteiger partial charge in [-0.05, 0) is 49.3 Å². The molecule has 4 rings (SSSR count). The molecular formula is C19H20F3N3O. The second-order valence-corrected chi connectivity index (χ2v) is 7.10. The summed E-state index contributed by atoms with van der Waals surface area (Å²) in [5, 5.41) is 6.63. The second kappa shape index (κ2) is 6.45. The number of hydrogen-bond donors (Lipinski definition) is 1. The van der Waals surface area contributed by atoms with Gasteiger partial charge in [-0.25, -0.2) is 0 Å². The monoisotopic (exact) mass is 363 g/mol. The van der Waals surface area contributed by atoms with Gasteiger partial charge in [0.25, 0.3) is 0 Å². The molecule has 2 aliphatic carbocycles. The number of rotatable bonds is 4. The van der Waals surface area contributed by atoms with Crippen molar-refractivity contribution in [1.82, 2.24) is 15.1 Å². The van der Waals surface area contributed by atoms with Gasteiger partial charge >= 0.3 is 6.18 Å². The van der Waals surface area contributed by atoms with Crippen LogP contribution >= 0.6 is 0 Å². The van der Waals surface area contributed by atoms with Crippen molar-refractivity contribution in [3.63, 3.8) is 0 Å². The standard InChI is InChI=1S/C19H20F3N3O/c20-19(21,22)17-10-16(13-8-9-13)25(24-17)11-18(26)23-15-7-3-5-12-4-1-2-6-14(12)15/h1-2,4,6,10,13,15H,3,5,7-9,11H2,(H,23,26). The van der Waals surface area contributed by atoms with Crippen molar-refractivity contribution in [2.24, 2.45) is 0 Å². The van der Waals surface area contributed by atoms with Gasteiger partial charge in [-0.15, -0.1) is 0 Å². The fraction of sp³-hybridized carbons (Fsp3) is 0.474. The Kier molecular flexibility index (Phi) is 4.25. The van der Waals surface area contributed by atoms with Crippen molar-refractivity contribution < 1.29 is 18.0 Å². The average Bonchev–Trinajstić information content (AvgIpc) is 3.35. The molecule has 1 aromatic heterocycles. The van der Waals surface area contributed by atoms with Crippen LogP contribution in [-0.4, -0.2) is 15.7 Å². The fourth-order valence-corrected chi connectivity index (χ4v) is 3.68. The van der Waals surface area contributed by atoms with E-state index < -0.39 is 11.9 Å². The molecule has 2 aromatic rings. The van der Waals surface area contributed by atoms with Crippen molar-refractivity contribution in [3.05, 3.63) is 52.8 Å². The van der Waals surface area contributed by atoms with Gasteiger partial charge in [0.2, 0.25) is 5.91 Å². The third-order valence-corrected chi connectivity index (χ3v) is 5.10. The molecule has 2 aliphatic rings. The van der Waals surface area contributed by atoms with E-state index in [1.807, 2.05) is 18.2 Å². The van der Waals surface area contributed by atoms with E-state index in [4.69, 9.17) is 0 Å². The SMILES string of the molecule is O=C(Cn1nc(C(F)(F)F)cc1C1CC1)NC1CCCc2ccccc21. The van der Waals surface area contributed by atoms with Crippen LogP contribution in [0.1, 0.15) is 60.2 Å².